The number of aromatic nitrogens is 2. The maximum Gasteiger partial charge on any atom is 0.223 e. The predicted octanol–water partition coefficient (Wildman–Crippen LogP) is 3.22. The number of aryl methyl sites for hydroxylation is 2. The minimum Gasteiger partial charge on any atom is -0.226 e. The van der Waals surface area contributed by atoms with Crippen LogP contribution in [0.2, 0.25) is 5.28 Å². The summed E-state index contributed by atoms with van der Waals surface area (Å²) in [7, 11) is 0. The van der Waals surface area contributed by atoms with Crippen LogP contribution < -0.4 is 0 Å². The first-order chi connectivity index (χ1) is 6.84. The molecule has 72 valence electrons. The van der Waals surface area contributed by atoms with E-state index >= 15 is 0 Å². The molecule has 2 heterocycles. The average molecular weight is 225 g/mol. The second-order valence-corrected chi connectivity index (χ2v) is 4.99. The zero-order valence-corrected chi connectivity index (χ0v) is 9.16. The van der Waals surface area contributed by atoms with Crippen LogP contribution in [0.3, 0.4) is 0 Å². The van der Waals surface area contributed by atoms with Crippen LogP contribution >= 0.6 is 22.9 Å². The van der Waals surface area contributed by atoms with E-state index in [0.717, 1.165) is 4.83 Å². The van der Waals surface area contributed by atoms with Gasteiger partial charge in [-0.1, -0.05) is 0 Å². The van der Waals surface area contributed by atoms with Gasteiger partial charge in [-0.25, -0.2) is 9.97 Å². The fraction of sp³-hybridized carbons (Fsp3) is 0.400. The van der Waals surface area contributed by atoms with Gasteiger partial charge in [0.05, 0.1) is 0 Å². The van der Waals surface area contributed by atoms with Crippen molar-refractivity contribution in [1.82, 2.24) is 9.97 Å². The first-order valence-electron chi connectivity index (χ1n) is 4.77. The van der Waals surface area contributed by atoms with Gasteiger partial charge < -0.3 is 0 Å². The summed E-state index contributed by atoms with van der Waals surface area (Å²) in [6.07, 6.45) is 6.85. The second-order valence-electron chi connectivity index (χ2n) is 3.57. The summed E-state index contributed by atoms with van der Waals surface area (Å²) < 4.78 is 0. The first kappa shape index (κ1) is 8.62. The van der Waals surface area contributed by atoms with Crippen LogP contribution in [0, 0.1) is 0 Å². The largest absolute Gasteiger partial charge is 0.226 e. The van der Waals surface area contributed by atoms with Crippen molar-refractivity contribution in [2.75, 3.05) is 0 Å². The number of halogens is 1. The highest BCUT2D eigenvalue weighted by Crippen LogP contribution is 2.35. The van der Waals surface area contributed by atoms with Gasteiger partial charge in [0.1, 0.15) is 4.83 Å². The van der Waals surface area contributed by atoms with Crippen LogP contribution in [0.1, 0.15) is 23.3 Å². The molecule has 0 fully saturated rings. The lowest BCUT2D eigenvalue weighted by atomic mass is 9.97. The van der Waals surface area contributed by atoms with Crippen molar-refractivity contribution in [3.8, 4) is 0 Å². The third kappa shape index (κ3) is 1.23. The third-order valence-corrected chi connectivity index (χ3v) is 4.07. The number of hydrogen-bond acceptors (Lipinski definition) is 3. The van der Waals surface area contributed by atoms with Gasteiger partial charge in [-0.05, 0) is 42.8 Å². The molecular weight excluding hydrogens is 216 g/mol. The topological polar surface area (TPSA) is 25.8 Å². The Morgan fingerprint density at radius 3 is 3.07 bits per heavy atom. The summed E-state index contributed by atoms with van der Waals surface area (Å²) in [4.78, 5) is 10.8. The van der Waals surface area contributed by atoms with E-state index in [1.807, 2.05) is 6.20 Å². The molecule has 1 aliphatic rings. The quantitative estimate of drug-likeness (QED) is 0.643. The van der Waals surface area contributed by atoms with Crippen molar-refractivity contribution in [3.63, 3.8) is 0 Å². The summed E-state index contributed by atoms with van der Waals surface area (Å²) >= 11 is 7.55. The summed E-state index contributed by atoms with van der Waals surface area (Å²) in [5, 5.41) is 1.57. The molecule has 14 heavy (non-hydrogen) atoms. The highest BCUT2D eigenvalue weighted by molar-refractivity contribution is 7.18. The Hall–Kier alpha value is -0.670. The van der Waals surface area contributed by atoms with Gasteiger partial charge in [0.15, 0.2) is 0 Å². The van der Waals surface area contributed by atoms with Gasteiger partial charge in [-0.2, -0.15) is 0 Å². The van der Waals surface area contributed by atoms with Gasteiger partial charge in [0, 0.05) is 16.5 Å². The molecule has 0 amide bonds. The van der Waals surface area contributed by atoms with Gasteiger partial charge in [-0.15, -0.1) is 11.3 Å². The van der Waals surface area contributed by atoms with Crippen molar-refractivity contribution in [3.05, 3.63) is 21.9 Å². The van der Waals surface area contributed by atoms with E-state index < -0.39 is 0 Å². The number of fused-ring (bicyclic) bond motifs is 3. The van der Waals surface area contributed by atoms with E-state index in [2.05, 4.69) is 9.97 Å². The molecule has 0 radical (unpaired) electrons. The smallest absolute Gasteiger partial charge is 0.223 e. The van der Waals surface area contributed by atoms with Crippen LogP contribution in [-0.4, -0.2) is 9.97 Å². The minimum absolute atomic E-state index is 0.357. The number of rotatable bonds is 0. The zero-order valence-electron chi connectivity index (χ0n) is 7.59. The lowest BCUT2D eigenvalue weighted by Crippen LogP contribution is -1.97. The van der Waals surface area contributed by atoms with Crippen molar-refractivity contribution in [2.45, 2.75) is 25.7 Å². The minimum atomic E-state index is 0.357. The van der Waals surface area contributed by atoms with E-state index in [-0.39, 0.29) is 0 Å². The van der Waals surface area contributed by atoms with Crippen LogP contribution in [0.25, 0.3) is 10.2 Å². The van der Waals surface area contributed by atoms with Gasteiger partial charge in [-0.3, -0.25) is 0 Å². The molecular formula is C10H9ClN2S. The van der Waals surface area contributed by atoms with E-state index in [9.17, 15) is 0 Å². The van der Waals surface area contributed by atoms with Gasteiger partial charge in [0.25, 0.3) is 0 Å². The molecule has 3 rings (SSSR count). The van der Waals surface area contributed by atoms with Crippen molar-refractivity contribution >= 4 is 33.2 Å². The third-order valence-electron chi connectivity index (χ3n) is 2.69. The fourth-order valence-corrected chi connectivity index (χ4v) is 3.44. The highest BCUT2D eigenvalue weighted by Gasteiger charge is 2.16. The molecule has 0 aliphatic heterocycles. The number of nitrogens with zero attached hydrogens (tertiary/aromatic N) is 2. The second kappa shape index (κ2) is 3.17. The molecule has 0 N–H and O–H groups in total. The molecule has 2 aromatic rings. The predicted molar refractivity (Wildman–Crippen MR) is 59.1 cm³/mol. The molecule has 1 aliphatic carbocycles. The fourth-order valence-electron chi connectivity index (χ4n) is 2.02. The molecule has 0 bridgehead atoms. The standard InChI is InChI=1S/C10H9ClN2S/c11-10-12-5-7-6-3-1-2-4-8(6)14-9(7)13-10/h5H,1-4H2. The average Bonchev–Trinajstić information content (AvgIpc) is 2.54. The summed E-state index contributed by atoms with van der Waals surface area (Å²) in [5.74, 6) is 0. The highest BCUT2D eigenvalue weighted by atomic mass is 35.5. The van der Waals surface area contributed by atoms with E-state index in [0.29, 0.717) is 5.28 Å². The molecule has 0 saturated heterocycles. The Labute approximate surface area is 90.9 Å². The monoisotopic (exact) mass is 224 g/mol. The summed E-state index contributed by atoms with van der Waals surface area (Å²) in [6, 6.07) is 0. The van der Waals surface area contributed by atoms with E-state index in [1.54, 1.807) is 11.3 Å². The lowest BCUT2D eigenvalue weighted by molar-refractivity contribution is 0.700. The Kier molecular flexibility index (Phi) is 1.96. The SMILES string of the molecule is Clc1ncc2c3c(sc2n1)CCCC3. The maximum atomic E-state index is 5.77. The Bertz CT molecular complexity index is 492. The van der Waals surface area contributed by atoms with Crippen LogP contribution in [-0.2, 0) is 12.8 Å². The molecule has 2 aromatic heterocycles. The molecule has 0 spiro atoms. The van der Waals surface area contributed by atoms with Gasteiger partial charge >= 0.3 is 0 Å². The number of hydrogen-bond donors (Lipinski definition) is 0. The van der Waals surface area contributed by atoms with Crippen molar-refractivity contribution in [2.24, 2.45) is 0 Å². The van der Waals surface area contributed by atoms with Crippen LogP contribution in [0.15, 0.2) is 6.20 Å². The molecule has 2 nitrogen and oxygen atoms in total. The van der Waals surface area contributed by atoms with E-state index in [4.69, 9.17) is 11.6 Å². The molecule has 4 heteroatoms. The summed E-state index contributed by atoms with van der Waals surface area (Å²) in [5.41, 5.74) is 1.47. The van der Waals surface area contributed by atoms with Gasteiger partial charge in [0.2, 0.25) is 5.28 Å². The molecule has 0 atom stereocenters. The Morgan fingerprint density at radius 2 is 2.14 bits per heavy atom. The Morgan fingerprint density at radius 1 is 1.29 bits per heavy atom. The van der Waals surface area contributed by atoms with Crippen molar-refractivity contribution < 1.29 is 0 Å². The Balaban J connectivity index is 2.31. The molecule has 0 unspecified atom stereocenters. The molecule has 0 aromatic carbocycles. The normalized spacial score (nSPS) is 15.8. The first-order valence-corrected chi connectivity index (χ1v) is 5.97. The van der Waals surface area contributed by atoms with Crippen LogP contribution in [0.5, 0.6) is 0 Å². The maximum absolute atomic E-state index is 5.77. The van der Waals surface area contributed by atoms with Crippen molar-refractivity contribution in [1.29, 1.82) is 0 Å². The summed E-state index contributed by atoms with van der Waals surface area (Å²) in [6.45, 7) is 0. The molecule has 0 saturated carbocycles. The zero-order chi connectivity index (χ0) is 9.54. The lowest BCUT2D eigenvalue weighted by Gasteiger charge is -2.09. The van der Waals surface area contributed by atoms with Crippen LogP contribution in [0.4, 0.5) is 0 Å². The number of thiophene rings is 1. The van der Waals surface area contributed by atoms with E-state index in [1.165, 1.54) is 41.5 Å².